The van der Waals surface area contributed by atoms with Crippen molar-refractivity contribution in [3.8, 4) is 17.0 Å². The van der Waals surface area contributed by atoms with E-state index in [0.717, 1.165) is 21.9 Å². The second kappa shape index (κ2) is 6.09. The number of amides is 1. The summed E-state index contributed by atoms with van der Waals surface area (Å²) in [5.41, 5.74) is 2.13. The van der Waals surface area contributed by atoms with Crippen LogP contribution in [-0.2, 0) is 6.61 Å². The van der Waals surface area contributed by atoms with Crippen LogP contribution in [0.3, 0.4) is 0 Å². The van der Waals surface area contributed by atoms with Crippen molar-refractivity contribution in [1.82, 2.24) is 4.98 Å². The van der Waals surface area contributed by atoms with Crippen LogP contribution in [0.2, 0.25) is 10.0 Å². The van der Waals surface area contributed by atoms with Crippen LogP contribution < -0.4 is 10.1 Å². The number of carbonyl (C=O) groups excluding carboxylic acids is 1. The lowest BCUT2D eigenvalue weighted by atomic mass is 10.1. The molecule has 1 aliphatic rings. The number of hydrogen-bond acceptors (Lipinski definition) is 4. The molecule has 0 atom stereocenters. The lowest BCUT2D eigenvalue weighted by molar-refractivity contribution is 0.102. The first-order chi connectivity index (χ1) is 11.6. The molecule has 0 radical (unpaired) electrons. The van der Waals surface area contributed by atoms with Crippen LogP contribution in [0.15, 0.2) is 42.5 Å². The van der Waals surface area contributed by atoms with Gasteiger partial charge in [-0.15, -0.1) is 0 Å². The average Bonchev–Trinajstić information content (AvgIpc) is 2.97. The molecule has 1 aromatic heterocycles. The van der Waals surface area contributed by atoms with Gasteiger partial charge in [0.1, 0.15) is 12.4 Å². The van der Waals surface area contributed by atoms with Crippen LogP contribution in [-0.4, -0.2) is 10.9 Å². The van der Waals surface area contributed by atoms with Crippen molar-refractivity contribution in [3.05, 3.63) is 63.0 Å². The normalized spacial score (nSPS) is 12.1. The molecule has 0 unspecified atom stereocenters. The second-order valence-electron chi connectivity index (χ2n) is 5.15. The molecule has 0 aliphatic carbocycles. The van der Waals surface area contributed by atoms with Crippen molar-refractivity contribution in [1.29, 1.82) is 0 Å². The highest BCUT2D eigenvalue weighted by Crippen LogP contribution is 2.40. The van der Waals surface area contributed by atoms with E-state index in [1.165, 1.54) is 17.4 Å². The lowest BCUT2D eigenvalue weighted by Crippen LogP contribution is -2.12. The summed E-state index contributed by atoms with van der Waals surface area (Å²) in [4.78, 5) is 17.9. The number of fused-ring (bicyclic) bond motifs is 3. The number of ether oxygens (including phenoxy) is 1. The summed E-state index contributed by atoms with van der Waals surface area (Å²) in [6, 6.07) is 12.5. The molecule has 4 rings (SSSR count). The summed E-state index contributed by atoms with van der Waals surface area (Å²) in [6.45, 7) is 0.446. The van der Waals surface area contributed by atoms with Gasteiger partial charge in [-0.2, -0.15) is 0 Å². The van der Waals surface area contributed by atoms with Gasteiger partial charge < -0.3 is 4.74 Å². The maximum atomic E-state index is 12.4. The maximum absolute atomic E-state index is 12.4. The van der Waals surface area contributed by atoms with Gasteiger partial charge in [0.25, 0.3) is 5.91 Å². The van der Waals surface area contributed by atoms with E-state index in [1.54, 1.807) is 12.1 Å². The lowest BCUT2D eigenvalue weighted by Gasteiger charge is -2.15. The van der Waals surface area contributed by atoms with Crippen LogP contribution in [0.5, 0.6) is 5.75 Å². The largest absolute Gasteiger partial charge is 0.487 e. The van der Waals surface area contributed by atoms with Gasteiger partial charge in [0.15, 0.2) is 5.13 Å². The van der Waals surface area contributed by atoms with Gasteiger partial charge in [0, 0.05) is 10.6 Å². The smallest absolute Gasteiger partial charge is 0.258 e. The van der Waals surface area contributed by atoms with Crippen LogP contribution in [0.25, 0.3) is 11.3 Å². The van der Waals surface area contributed by atoms with Gasteiger partial charge in [-0.25, -0.2) is 4.98 Å². The van der Waals surface area contributed by atoms with Crippen molar-refractivity contribution in [2.45, 2.75) is 6.61 Å². The Balaban J connectivity index is 1.63. The molecule has 3 aromatic rings. The van der Waals surface area contributed by atoms with E-state index in [4.69, 9.17) is 27.9 Å². The minimum Gasteiger partial charge on any atom is -0.487 e. The third kappa shape index (κ3) is 2.75. The third-order valence-corrected chi connectivity index (χ3v) is 5.09. The van der Waals surface area contributed by atoms with Gasteiger partial charge in [-0.1, -0.05) is 46.7 Å². The van der Waals surface area contributed by atoms with Gasteiger partial charge in [0.2, 0.25) is 0 Å². The predicted molar refractivity (Wildman–Crippen MR) is 96.3 cm³/mol. The van der Waals surface area contributed by atoms with Gasteiger partial charge in [-0.3, -0.25) is 10.1 Å². The molecule has 1 N–H and O–H groups in total. The zero-order valence-electron chi connectivity index (χ0n) is 12.2. The molecule has 24 heavy (non-hydrogen) atoms. The minimum atomic E-state index is -0.322. The van der Waals surface area contributed by atoms with Crippen LogP contribution in [0.4, 0.5) is 5.13 Å². The Kier molecular flexibility index (Phi) is 3.92. The fraction of sp³-hybridized carbons (Fsp3) is 0.0588. The fourth-order valence-electron chi connectivity index (χ4n) is 2.48. The summed E-state index contributed by atoms with van der Waals surface area (Å²) in [5.74, 6) is 0.478. The Bertz CT molecular complexity index is 956. The molecule has 0 saturated heterocycles. The molecule has 0 bridgehead atoms. The Morgan fingerprint density at radius 2 is 2.04 bits per heavy atom. The first-order valence-electron chi connectivity index (χ1n) is 7.10. The molecule has 1 amide bonds. The Hall–Kier alpha value is -2.08. The van der Waals surface area contributed by atoms with Crippen LogP contribution in [0, 0.1) is 0 Å². The number of para-hydroxylation sites is 1. The third-order valence-electron chi connectivity index (χ3n) is 3.59. The molecule has 0 spiro atoms. The molecule has 120 valence electrons. The van der Waals surface area contributed by atoms with E-state index >= 15 is 0 Å². The van der Waals surface area contributed by atoms with E-state index in [0.29, 0.717) is 27.3 Å². The van der Waals surface area contributed by atoms with Crippen molar-refractivity contribution in [3.63, 3.8) is 0 Å². The summed E-state index contributed by atoms with van der Waals surface area (Å²) in [6.07, 6.45) is 0. The van der Waals surface area contributed by atoms with Crippen molar-refractivity contribution < 1.29 is 9.53 Å². The second-order valence-corrected chi connectivity index (χ2v) is 7.08. The SMILES string of the molecule is O=C(Nc1nc2c(s1)COc1ccccc1-2)c1ccc(Cl)cc1Cl. The number of aromatic nitrogens is 1. The minimum absolute atomic E-state index is 0.301. The first kappa shape index (κ1) is 15.4. The summed E-state index contributed by atoms with van der Waals surface area (Å²) >= 11 is 13.3. The van der Waals surface area contributed by atoms with E-state index in [2.05, 4.69) is 10.3 Å². The number of benzene rings is 2. The number of nitrogens with zero attached hydrogens (tertiary/aromatic N) is 1. The molecule has 2 aromatic carbocycles. The number of anilines is 1. The Labute approximate surface area is 152 Å². The standard InChI is InChI=1S/C17H10Cl2N2O2S/c18-9-5-6-10(12(19)7-9)16(22)21-17-20-15-11-3-1-2-4-13(11)23-8-14(15)24-17/h1-7H,8H2,(H,20,21,22). The molecule has 4 nitrogen and oxygen atoms in total. The highest BCUT2D eigenvalue weighted by molar-refractivity contribution is 7.16. The number of thiazole rings is 1. The predicted octanol–water partition coefficient (Wildman–Crippen LogP) is 5.26. The summed E-state index contributed by atoms with van der Waals surface area (Å²) in [7, 11) is 0. The zero-order chi connectivity index (χ0) is 16.7. The maximum Gasteiger partial charge on any atom is 0.258 e. The van der Waals surface area contributed by atoms with Crippen LogP contribution >= 0.6 is 34.5 Å². The number of rotatable bonds is 2. The fourth-order valence-corrected chi connectivity index (χ4v) is 3.86. The molecule has 2 heterocycles. The number of carbonyl (C=O) groups is 1. The van der Waals surface area contributed by atoms with Crippen molar-refractivity contribution in [2.24, 2.45) is 0 Å². The number of halogens is 2. The molecule has 0 fully saturated rings. The Morgan fingerprint density at radius 1 is 1.21 bits per heavy atom. The first-order valence-corrected chi connectivity index (χ1v) is 8.67. The molecule has 0 saturated carbocycles. The average molecular weight is 377 g/mol. The molecular weight excluding hydrogens is 367 g/mol. The molecule has 7 heteroatoms. The highest BCUT2D eigenvalue weighted by Gasteiger charge is 2.22. The monoisotopic (exact) mass is 376 g/mol. The zero-order valence-corrected chi connectivity index (χ0v) is 14.5. The van der Waals surface area contributed by atoms with Crippen LogP contribution in [0.1, 0.15) is 15.2 Å². The summed E-state index contributed by atoms with van der Waals surface area (Å²) < 4.78 is 5.71. The van der Waals surface area contributed by atoms with E-state index < -0.39 is 0 Å². The van der Waals surface area contributed by atoms with Gasteiger partial charge in [-0.05, 0) is 30.3 Å². The summed E-state index contributed by atoms with van der Waals surface area (Å²) in [5, 5.41) is 4.08. The number of hydrogen-bond donors (Lipinski definition) is 1. The van der Waals surface area contributed by atoms with E-state index in [9.17, 15) is 4.79 Å². The number of nitrogens with one attached hydrogen (secondary N) is 1. The topological polar surface area (TPSA) is 51.2 Å². The van der Waals surface area contributed by atoms with E-state index in [1.807, 2.05) is 24.3 Å². The van der Waals surface area contributed by atoms with Gasteiger partial charge in [0.05, 0.1) is 21.2 Å². The molecule has 1 aliphatic heterocycles. The highest BCUT2D eigenvalue weighted by atomic mass is 35.5. The molecular formula is C17H10Cl2N2O2S. The van der Waals surface area contributed by atoms with Gasteiger partial charge >= 0.3 is 0 Å². The quantitative estimate of drug-likeness (QED) is 0.663. The van der Waals surface area contributed by atoms with Crippen molar-refractivity contribution >= 4 is 45.6 Å². The van der Waals surface area contributed by atoms with E-state index in [-0.39, 0.29) is 5.91 Å². The van der Waals surface area contributed by atoms with Crippen molar-refractivity contribution in [2.75, 3.05) is 5.32 Å². The Morgan fingerprint density at radius 3 is 2.88 bits per heavy atom.